The number of esters is 1. The highest BCUT2D eigenvalue weighted by Crippen LogP contribution is 2.29. The summed E-state index contributed by atoms with van der Waals surface area (Å²) < 4.78 is 10.9. The summed E-state index contributed by atoms with van der Waals surface area (Å²) in [6.07, 6.45) is 2.74. The van der Waals surface area contributed by atoms with Crippen molar-refractivity contribution in [2.24, 2.45) is 0 Å². The van der Waals surface area contributed by atoms with Crippen LogP contribution in [-0.4, -0.2) is 35.7 Å². The number of carbonyl (C=O) groups is 1. The van der Waals surface area contributed by atoms with Gasteiger partial charge in [0.25, 0.3) is 0 Å². The first kappa shape index (κ1) is 24.0. The Kier molecular flexibility index (Phi) is 8.07. The van der Waals surface area contributed by atoms with Crippen LogP contribution in [0.1, 0.15) is 23.7 Å². The van der Waals surface area contributed by atoms with Crippen molar-refractivity contribution in [2.45, 2.75) is 25.8 Å². The van der Waals surface area contributed by atoms with Crippen molar-refractivity contribution in [1.82, 2.24) is 9.97 Å². The SMILES string of the molecule is CCOC(=O)[C@H](Cc1ccccc1)Nc1ncc(-c2ccccc2OC)nc1Cc1ccccc1. The maximum absolute atomic E-state index is 12.8. The Morgan fingerprint density at radius 1 is 0.914 bits per heavy atom. The van der Waals surface area contributed by atoms with Gasteiger partial charge >= 0.3 is 5.97 Å². The summed E-state index contributed by atoms with van der Waals surface area (Å²) in [6.45, 7) is 2.11. The molecule has 1 aromatic heterocycles. The Bertz CT molecular complexity index is 1250. The zero-order valence-electron chi connectivity index (χ0n) is 20.0. The molecular weight excluding hydrogens is 438 g/mol. The Labute approximate surface area is 206 Å². The predicted octanol–water partition coefficient (Wildman–Crippen LogP) is 5.33. The van der Waals surface area contributed by atoms with Crippen LogP contribution < -0.4 is 10.1 Å². The smallest absolute Gasteiger partial charge is 0.328 e. The molecule has 1 N–H and O–H groups in total. The lowest BCUT2D eigenvalue weighted by atomic mass is 10.0. The second kappa shape index (κ2) is 11.8. The van der Waals surface area contributed by atoms with E-state index in [4.69, 9.17) is 19.4 Å². The maximum atomic E-state index is 12.8. The molecule has 1 atom stereocenters. The Hall–Kier alpha value is -4.19. The summed E-state index contributed by atoms with van der Waals surface area (Å²) in [5.74, 6) is 0.959. The summed E-state index contributed by atoms with van der Waals surface area (Å²) >= 11 is 0. The van der Waals surface area contributed by atoms with Crippen LogP contribution in [-0.2, 0) is 22.4 Å². The zero-order valence-corrected chi connectivity index (χ0v) is 20.0. The van der Waals surface area contributed by atoms with Crippen LogP contribution in [0.3, 0.4) is 0 Å². The number of hydrogen-bond donors (Lipinski definition) is 1. The number of nitrogens with one attached hydrogen (secondary N) is 1. The summed E-state index contributed by atoms with van der Waals surface area (Å²) in [7, 11) is 1.64. The first-order chi connectivity index (χ1) is 17.2. The molecule has 6 heteroatoms. The van der Waals surface area contributed by atoms with E-state index in [9.17, 15) is 4.79 Å². The molecular formula is C29H29N3O3. The average Bonchev–Trinajstić information content (AvgIpc) is 2.90. The number of methoxy groups -OCH3 is 1. The highest BCUT2D eigenvalue weighted by molar-refractivity contribution is 5.80. The number of aromatic nitrogens is 2. The maximum Gasteiger partial charge on any atom is 0.328 e. The molecule has 0 radical (unpaired) electrons. The standard InChI is InChI=1S/C29H29N3O3/c1-3-35-29(33)25(19-22-14-8-5-9-15-22)32-28-24(18-21-12-6-4-7-13-21)31-26(20-30-28)23-16-10-11-17-27(23)34-2/h4-17,20,25H,3,18-19H2,1-2H3,(H,30,32)/t25-/m0/s1. The van der Waals surface area contributed by atoms with Gasteiger partial charge in [0.05, 0.1) is 31.3 Å². The molecule has 0 amide bonds. The van der Waals surface area contributed by atoms with Crippen molar-refractivity contribution in [3.05, 3.63) is 108 Å². The summed E-state index contributed by atoms with van der Waals surface area (Å²) in [5, 5.41) is 3.33. The number of carbonyl (C=O) groups excluding carboxylic acids is 1. The molecule has 0 aliphatic rings. The van der Waals surface area contributed by atoms with Crippen LogP contribution in [0.2, 0.25) is 0 Å². The molecule has 0 bridgehead atoms. The lowest BCUT2D eigenvalue weighted by Crippen LogP contribution is -2.34. The minimum Gasteiger partial charge on any atom is -0.496 e. The fraction of sp³-hybridized carbons (Fsp3) is 0.207. The fourth-order valence-electron chi connectivity index (χ4n) is 3.90. The summed E-state index contributed by atoms with van der Waals surface area (Å²) in [4.78, 5) is 22.5. The van der Waals surface area contributed by atoms with Crippen LogP contribution >= 0.6 is 0 Å². The normalized spacial score (nSPS) is 11.5. The van der Waals surface area contributed by atoms with E-state index in [1.165, 1.54) is 0 Å². The molecule has 4 aromatic rings. The number of ether oxygens (including phenoxy) is 2. The third-order valence-electron chi connectivity index (χ3n) is 5.61. The third-order valence-corrected chi connectivity index (χ3v) is 5.61. The second-order valence-electron chi connectivity index (χ2n) is 8.05. The van der Waals surface area contributed by atoms with E-state index in [-0.39, 0.29) is 5.97 Å². The Morgan fingerprint density at radius 2 is 1.57 bits per heavy atom. The van der Waals surface area contributed by atoms with Gasteiger partial charge in [0.2, 0.25) is 0 Å². The van der Waals surface area contributed by atoms with Gasteiger partial charge in [-0.3, -0.25) is 0 Å². The highest BCUT2D eigenvalue weighted by atomic mass is 16.5. The molecule has 4 rings (SSSR count). The molecule has 0 fully saturated rings. The van der Waals surface area contributed by atoms with Crippen LogP contribution in [0.15, 0.2) is 91.1 Å². The first-order valence-electron chi connectivity index (χ1n) is 11.7. The van der Waals surface area contributed by atoms with E-state index in [0.29, 0.717) is 31.0 Å². The van der Waals surface area contributed by atoms with Crippen molar-refractivity contribution >= 4 is 11.8 Å². The van der Waals surface area contributed by atoms with Gasteiger partial charge < -0.3 is 14.8 Å². The molecule has 0 spiro atoms. The summed E-state index contributed by atoms with van der Waals surface area (Å²) in [6, 6.07) is 27.1. The first-order valence-corrected chi connectivity index (χ1v) is 11.7. The van der Waals surface area contributed by atoms with E-state index < -0.39 is 6.04 Å². The van der Waals surface area contributed by atoms with E-state index in [2.05, 4.69) is 5.32 Å². The molecule has 0 unspecified atom stereocenters. The monoisotopic (exact) mass is 467 g/mol. The highest BCUT2D eigenvalue weighted by Gasteiger charge is 2.23. The van der Waals surface area contributed by atoms with Crippen LogP contribution in [0.4, 0.5) is 5.82 Å². The Morgan fingerprint density at radius 3 is 2.26 bits per heavy atom. The molecule has 0 saturated carbocycles. The average molecular weight is 468 g/mol. The van der Waals surface area contributed by atoms with Gasteiger partial charge in [-0.1, -0.05) is 72.8 Å². The van der Waals surface area contributed by atoms with Crippen molar-refractivity contribution in [3.63, 3.8) is 0 Å². The second-order valence-corrected chi connectivity index (χ2v) is 8.05. The minimum absolute atomic E-state index is 0.307. The molecule has 3 aromatic carbocycles. The number of para-hydroxylation sites is 1. The van der Waals surface area contributed by atoms with Crippen LogP contribution in [0.5, 0.6) is 5.75 Å². The predicted molar refractivity (Wildman–Crippen MR) is 137 cm³/mol. The summed E-state index contributed by atoms with van der Waals surface area (Å²) in [5.41, 5.74) is 4.42. The van der Waals surface area contributed by atoms with Gasteiger partial charge in [0.1, 0.15) is 17.6 Å². The van der Waals surface area contributed by atoms with Crippen molar-refractivity contribution in [3.8, 4) is 17.0 Å². The number of hydrogen-bond acceptors (Lipinski definition) is 6. The number of rotatable bonds is 10. The van der Waals surface area contributed by atoms with Gasteiger partial charge in [-0.05, 0) is 30.2 Å². The lowest BCUT2D eigenvalue weighted by Gasteiger charge is -2.20. The van der Waals surface area contributed by atoms with Gasteiger partial charge in [0.15, 0.2) is 0 Å². The molecule has 6 nitrogen and oxygen atoms in total. The van der Waals surface area contributed by atoms with E-state index in [1.54, 1.807) is 20.2 Å². The fourth-order valence-corrected chi connectivity index (χ4v) is 3.90. The molecule has 0 saturated heterocycles. The zero-order chi connectivity index (χ0) is 24.5. The third kappa shape index (κ3) is 6.23. The van der Waals surface area contributed by atoms with Gasteiger partial charge in [0, 0.05) is 18.4 Å². The number of benzene rings is 3. The van der Waals surface area contributed by atoms with Crippen molar-refractivity contribution in [2.75, 3.05) is 19.0 Å². The lowest BCUT2D eigenvalue weighted by molar-refractivity contribution is -0.144. The molecule has 0 aliphatic carbocycles. The van der Waals surface area contributed by atoms with Gasteiger partial charge in [-0.15, -0.1) is 0 Å². The Balaban J connectivity index is 1.71. The van der Waals surface area contributed by atoms with Crippen LogP contribution in [0, 0.1) is 0 Å². The van der Waals surface area contributed by atoms with Gasteiger partial charge in [-0.25, -0.2) is 14.8 Å². The minimum atomic E-state index is -0.599. The quantitative estimate of drug-likeness (QED) is 0.318. The number of anilines is 1. The largest absolute Gasteiger partial charge is 0.496 e. The van der Waals surface area contributed by atoms with E-state index in [0.717, 1.165) is 28.1 Å². The van der Waals surface area contributed by atoms with Crippen LogP contribution in [0.25, 0.3) is 11.3 Å². The van der Waals surface area contributed by atoms with E-state index >= 15 is 0 Å². The topological polar surface area (TPSA) is 73.3 Å². The van der Waals surface area contributed by atoms with Gasteiger partial charge in [-0.2, -0.15) is 0 Å². The molecule has 35 heavy (non-hydrogen) atoms. The van der Waals surface area contributed by atoms with Crippen molar-refractivity contribution in [1.29, 1.82) is 0 Å². The van der Waals surface area contributed by atoms with E-state index in [1.807, 2.05) is 84.9 Å². The number of nitrogens with zero attached hydrogens (tertiary/aromatic N) is 2. The molecule has 178 valence electrons. The van der Waals surface area contributed by atoms with Crippen molar-refractivity contribution < 1.29 is 14.3 Å². The molecule has 0 aliphatic heterocycles. The molecule has 1 heterocycles.